The number of halogens is 4. The Kier molecular flexibility index (Phi) is 7.53. The normalized spacial score (nSPS) is 15.1. The lowest BCUT2D eigenvalue weighted by Crippen LogP contribution is -2.45. The molecule has 0 fully saturated rings. The zero-order valence-electron chi connectivity index (χ0n) is 20.4. The monoisotopic (exact) mass is 564 g/mol. The molecule has 2 atom stereocenters. The minimum atomic E-state index is -1.48. The largest absolute Gasteiger partial charge is 0.439 e. The molecule has 0 aliphatic heterocycles. The van der Waals surface area contributed by atoms with Crippen molar-refractivity contribution in [1.29, 1.82) is 0 Å². The molecule has 4 aromatic rings. The molecule has 0 saturated carbocycles. The van der Waals surface area contributed by atoms with Crippen molar-refractivity contribution in [1.82, 2.24) is 9.13 Å². The van der Waals surface area contributed by atoms with E-state index in [1.54, 1.807) is 33.7 Å². The van der Waals surface area contributed by atoms with Crippen LogP contribution in [0.1, 0.15) is 13.8 Å². The predicted molar refractivity (Wildman–Crippen MR) is 140 cm³/mol. The van der Waals surface area contributed by atoms with Gasteiger partial charge in [-0.15, -0.1) is 0 Å². The third-order valence-electron chi connectivity index (χ3n) is 5.62. The molecule has 2 unspecified atom stereocenters. The van der Waals surface area contributed by atoms with Gasteiger partial charge in [0.15, 0.2) is 11.4 Å². The summed E-state index contributed by atoms with van der Waals surface area (Å²) in [5.41, 5.74) is 10.5. The van der Waals surface area contributed by atoms with Crippen molar-refractivity contribution >= 4 is 56.9 Å². The molecule has 0 spiro atoms. The van der Waals surface area contributed by atoms with E-state index in [0.717, 1.165) is 12.2 Å². The second-order valence-electron chi connectivity index (χ2n) is 9.34. The molecule has 12 heteroatoms. The van der Waals surface area contributed by atoms with Gasteiger partial charge in [0.05, 0.1) is 23.1 Å². The summed E-state index contributed by atoms with van der Waals surface area (Å²) in [5, 5.41) is 1.10. The summed E-state index contributed by atoms with van der Waals surface area (Å²) >= 11 is 11.8. The molecule has 0 radical (unpaired) electrons. The van der Waals surface area contributed by atoms with Crippen molar-refractivity contribution < 1.29 is 27.8 Å². The number of hydrogen-bond donors (Lipinski definition) is 2. The van der Waals surface area contributed by atoms with Crippen LogP contribution in [0.15, 0.2) is 60.9 Å². The molecule has 0 aliphatic carbocycles. The van der Waals surface area contributed by atoms with Crippen molar-refractivity contribution in [3.8, 4) is 0 Å². The molecule has 2 aromatic heterocycles. The van der Waals surface area contributed by atoms with Crippen LogP contribution in [-0.2, 0) is 32.2 Å². The minimum absolute atomic E-state index is 0.0299. The molecule has 0 amide bonds. The molecule has 200 valence electrons. The van der Waals surface area contributed by atoms with Gasteiger partial charge in [0.25, 0.3) is 0 Å². The zero-order valence-corrected chi connectivity index (χ0v) is 21.9. The van der Waals surface area contributed by atoms with E-state index in [1.807, 2.05) is 0 Å². The number of nitrogens with zero attached hydrogens (tertiary/aromatic N) is 2. The van der Waals surface area contributed by atoms with E-state index >= 15 is 0 Å². The number of carbonyl (C=O) groups is 2. The molecule has 8 nitrogen and oxygen atoms in total. The molecule has 0 bridgehead atoms. The van der Waals surface area contributed by atoms with Gasteiger partial charge >= 0.3 is 11.9 Å². The number of ether oxygens (including phenoxy) is 2. The SMILES string of the molecule is CC(N)(Cn1ccc2cc(F)c(Cl)cc21)OC(=O)/C=C/C(=O)OC(C)(N)Cn1ccc2cc(F)c(Cl)cc21. The number of aromatic nitrogens is 2. The Hall–Kier alpha value is -3.44. The summed E-state index contributed by atoms with van der Waals surface area (Å²) in [5.74, 6) is -2.88. The van der Waals surface area contributed by atoms with Crippen LogP contribution >= 0.6 is 23.2 Å². The summed E-state index contributed by atoms with van der Waals surface area (Å²) in [4.78, 5) is 24.7. The topological polar surface area (TPSA) is 114 Å². The Morgan fingerprint density at radius 3 is 1.55 bits per heavy atom. The minimum Gasteiger partial charge on any atom is -0.439 e. The fourth-order valence-electron chi connectivity index (χ4n) is 4.05. The third kappa shape index (κ3) is 6.33. The quantitative estimate of drug-likeness (QED) is 0.179. The predicted octanol–water partition coefficient (Wildman–Crippen LogP) is 4.87. The van der Waals surface area contributed by atoms with E-state index in [4.69, 9.17) is 44.1 Å². The smallest absolute Gasteiger partial charge is 0.332 e. The molecule has 4 rings (SSSR count). The first kappa shape index (κ1) is 27.6. The Morgan fingerprint density at radius 1 is 0.816 bits per heavy atom. The van der Waals surface area contributed by atoms with E-state index in [-0.39, 0.29) is 23.1 Å². The second kappa shape index (κ2) is 10.4. The average Bonchev–Trinajstić information content (AvgIpc) is 3.35. The Morgan fingerprint density at radius 2 is 1.18 bits per heavy atom. The highest BCUT2D eigenvalue weighted by atomic mass is 35.5. The van der Waals surface area contributed by atoms with Crippen LogP contribution in [0.2, 0.25) is 10.0 Å². The van der Waals surface area contributed by atoms with E-state index in [1.165, 1.54) is 38.1 Å². The summed E-state index contributed by atoms with van der Waals surface area (Å²) < 4.78 is 41.3. The van der Waals surface area contributed by atoms with Gasteiger partial charge in [-0.1, -0.05) is 23.2 Å². The maximum absolute atomic E-state index is 13.7. The lowest BCUT2D eigenvalue weighted by molar-refractivity contribution is -0.155. The van der Waals surface area contributed by atoms with Crippen LogP contribution in [0.25, 0.3) is 21.8 Å². The number of nitrogens with two attached hydrogens (primary N) is 2. The molecule has 2 aromatic carbocycles. The highest BCUT2D eigenvalue weighted by Crippen LogP contribution is 2.26. The van der Waals surface area contributed by atoms with Crippen LogP contribution < -0.4 is 11.5 Å². The molecular weight excluding hydrogens is 541 g/mol. The van der Waals surface area contributed by atoms with Gasteiger partial charge in [0.1, 0.15) is 11.6 Å². The lowest BCUT2D eigenvalue weighted by Gasteiger charge is -2.26. The van der Waals surface area contributed by atoms with Crippen LogP contribution in [0, 0.1) is 11.6 Å². The van der Waals surface area contributed by atoms with Crippen LogP contribution in [-0.4, -0.2) is 32.5 Å². The number of fused-ring (bicyclic) bond motifs is 2. The average molecular weight is 565 g/mol. The highest BCUT2D eigenvalue weighted by Gasteiger charge is 2.26. The van der Waals surface area contributed by atoms with Crippen LogP contribution in [0.3, 0.4) is 0 Å². The number of rotatable bonds is 8. The first-order chi connectivity index (χ1) is 17.7. The molecule has 38 heavy (non-hydrogen) atoms. The van der Waals surface area contributed by atoms with Crippen LogP contribution in [0.5, 0.6) is 0 Å². The van der Waals surface area contributed by atoms with Crippen LogP contribution in [0.4, 0.5) is 8.78 Å². The Balaban J connectivity index is 1.36. The fourth-order valence-corrected chi connectivity index (χ4v) is 4.37. The number of esters is 2. The number of carbonyl (C=O) groups excluding carboxylic acids is 2. The van der Waals surface area contributed by atoms with E-state index < -0.39 is 35.0 Å². The summed E-state index contributed by atoms with van der Waals surface area (Å²) in [6, 6.07) is 8.84. The highest BCUT2D eigenvalue weighted by molar-refractivity contribution is 6.31. The summed E-state index contributed by atoms with van der Waals surface area (Å²) in [7, 11) is 0. The van der Waals surface area contributed by atoms with Gasteiger partial charge in [-0.3, -0.25) is 11.5 Å². The van der Waals surface area contributed by atoms with Gasteiger partial charge in [-0.05, 0) is 50.2 Å². The zero-order chi connectivity index (χ0) is 27.8. The second-order valence-corrected chi connectivity index (χ2v) is 10.2. The van der Waals surface area contributed by atoms with Gasteiger partial charge in [0, 0.05) is 46.4 Å². The maximum atomic E-state index is 13.7. The first-order valence-electron chi connectivity index (χ1n) is 11.3. The van der Waals surface area contributed by atoms with E-state index in [0.29, 0.717) is 21.8 Å². The van der Waals surface area contributed by atoms with Crippen molar-refractivity contribution in [2.24, 2.45) is 11.5 Å². The summed E-state index contributed by atoms with van der Waals surface area (Å²) in [6.07, 6.45) is 5.06. The first-order valence-corrected chi connectivity index (χ1v) is 12.1. The van der Waals surface area contributed by atoms with Crippen molar-refractivity contribution in [3.05, 3.63) is 82.6 Å². The number of hydrogen-bond acceptors (Lipinski definition) is 6. The van der Waals surface area contributed by atoms with Gasteiger partial charge in [0.2, 0.25) is 0 Å². The molecule has 0 saturated heterocycles. The Bertz CT molecular complexity index is 1460. The van der Waals surface area contributed by atoms with Crippen molar-refractivity contribution in [2.75, 3.05) is 0 Å². The molecular formula is C26H24Cl2F2N4O4. The van der Waals surface area contributed by atoms with E-state index in [9.17, 15) is 18.4 Å². The van der Waals surface area contributed by atoms with Crippen molar-refractivity contribution in [3.63, 3.8) is 0 Å². The van der Waals surface area contributed by atoms with Crippen molar-refractivity contribution in [2.45, 2.75) is 38.4 Å². The van der Waals surface area contributed by atoms with Gasteiger partial charge in [-0.25, -0.2) is 18.4 Å². The molecule has 0 aliphatic rings. The molecule has 2 heterocycles. The standard InChI is InChI=1S/C26H24Cl2F2N4O4/c1-25(31,13-33-7-5-15-9-19(29)17(27)11-21(15)33)37-23(35)3-4-24(36)38-26(2,32)14-34-8-6-16-10-20(30)18(28)12-22(16)34/h3-12H,13-14,31-32H2,1-2H3/b4-3+. The van der Waals surface area contributed by atoms with Gasteiger partial charge < -0.3 is 18.6 Å². The third-order valence-corrected chi connectivity index (χ3v) is 6.20. The number of benzene rings is 2. The fraction of sp³-hybridized carbons (Fsp3) is 0.231. The lowest BCUT2D eigenvalue weighted by atomic mass is 10.2. The van der Waals surface area contributed by atoms with E-state index in [2.05, 4.69) is 0 Å². The maximum Gasteiger partial charge on any atom is 0.332 e. The Labute approximate surface area is 226 Å². The van der Waals surface area contributed by atoms with Gasteiger partial charge in [-0.2, -0.15) is 0 Å². The summed E-state index contributed by atoms with van der Waals surface area (Å²) in [6.45, 7) is 3.01. The molecule has 4 N–H and O–H groups in total.